The van der Waals surface area contributed by atoms with Crippen molar-refractivity contribution in [3.8, 4) is 0 Å². The summed E-state index contributed by atoms with van der Waals surface area (Å²) in [6.45, 7) is 5.84. The summed E-state index contributed by atoms with van der Waals surface area (Å²) in [6.07, 6.45) is -0.0422. The van der Waals surface area contributed by atoms with E-state index in [0.717, 1.165) is 16.8 Å². The van der Waals surface area contributed by atoms with E-state index in [0.29, 0.717) is 41.1 Å². The molecule has 1 N–H and O–H groups in total. The van der Waals surface area contributed by atoms with Crippen LogP contribution in [0.5, 0.6) is 0 Å². The third kappa shape index (κ3) is 7.63. The fourth-order valence-electron chi connectivity index (χ4n) is 3.41. The molecule has 2 aromatic rings. The summed E-state index contributed by atoms with van der Waals surface area (Å²) in [5.74, 6) is 0. The Balaban J connectivity index is 1.64. The third-order valence-corrected chi connectivity index (χ3v) is 5.81. The second kappa shape index (κ2) is 11.5. The molecule has 0 radical (unpaired) electrons. The molecule has 1 aliphatic rings. The van der Waals surface area contributed by atoms with Gasteiger partial charge < -0.3 is 14.7 Å². The maximum Gasteiger partial charge on any atom is 0.145 e. The first-order chi connectivity index (χ1) is 14.8. The van der Waals surface area contributed by atoms with Crippen LogP contribution >= 0.6 is 34.8 Å². The number of aliphatic hydroxyl groups excluding tert-OH is 1. The number of rotatable bonds is 10. The molecule has 0 amide bonds. The van der Waals surface area contributed by atoms with Crippen molar-refractivity contribution >= 4 is 40.5 Å². The number of hydrogen-bond donors (Lipinski definition) is 1. The van der Waals surface area contributed by atoms with Crippen molar-refractivity contribution < 1.29 is 14.7 Å². The number of halogens is 3. The average molecular weight is 486 g/mol. The van der Waals surface area contributed by atoms with Crippen LogP contribution in [-0.4, -0.2) is 53.7 Å². The number of nitrogens with zero attached hydrogens (tertiary/aromatic N) is 2. The van der Waals surface area contributed by atoms with Crippen LogP contribution in [0, 0.1) is 0 Å². The molecule has 0 aromatic heterocycles. The van der Waals surface area contributed by atoms with Gasteiger partial charge in [-0.25, -0.2) is 0 Å². The third-order valence-electron chi connectivity index (χ3n) is 4.83. The van der Waals surface area contributed by atoms with Crippen LogP contribution in [0.1, 0.15) is 31.4 Å². The number of oxime groups is 1. The van der Waals surface area contributed by atoms with Gasteiger partial charge in [0.25, 0.3) is 0 Å². The van der Waals surface area contributed by atoms with Crippen LogP contribution in [-0.2, 0) is 16.1 Å². The summed E-state index contributed by atoms with van der Waals surface area (Å²) in [7, 11) is 0. The van der Waals surface area contributed by atoms with Crippen molar-refractivity contribution in [2.24, 2.45) is 5.16 Å². The number of benzene rings is 2. The highest BCUT2D eigenvalue weighted by Crippen LogP contribution is 2.26. The number of aliphatic hydroxyl groups is 1. The fourth-order valence-corrected chi connectivity index (χ4v) is 3.92. The van der Waals surface area contributed by atoms with Gasteiger partial charge >= 0.3 is 0 Å². The summed E-state index contributed by atoms with van der Waals surface area (Å²) in [6, 6.07) is 13.2. The lowest BCUT2D eigenvalue weighted by molar-refractivity contribution is -0.0194. The molecule has 2 aromatic carbocycles. The van der Waals surface area contributed by atoms with Crippen LogP contribution in [0.2, 0.25) is 15.1 Å². The molecule has 2 atom stereocenters. The molecule has 1 heterocycles. The normalized spacial score (nSPS) is 17.2. The smallest absolute Gasteiger partial charge is 0.145 e. The summed E-state index contributed by atoms with van der Waals surface area (Å²) in [4.78, 5) is 7.83. The Morgan fingerprint density at radius 2 is 1.97 bits per heavy atom. The quantitative estimate of drug-likeness (QED) is 0.488. The van der Waals surface area contributed by atoms with Gasteiger partial charge in [-0.1, -0.05) is 58.2 Å². The molecule has 1 aliphatic heterocycles. The number of hydrogen-bond acceptors (Lipinski definition) is 5. The first kappa shape index (κ1) is 24.3. The van der Waals surface area contributed by atoms with Crippen LogP contribution in [0.25, 0.3) is 0 Å². The molecule has 5 nitrogen and oxygen atoms in total. The van der Waals surface area contributed by atoms with E-state index >= 15 is 0 Å². The summed E-state index contributed by atoms with van der Waals surface area (Å²) >= 11 is 18.3. The monoisotopic (exact) mass is 484 g/mol. The molecular formula is C23H27Cl3N2O3. The van der Waals surface area contributed by atoms with Crippen LogP contribution in [0.15, 0.2) is 47.6 Å². The van der Waals surface area contributed by atoms with Crippen molar-refractivity contribution in [3.63, 3.8) is 0 Å². The second-order valence-electron chi connectivity index (χ2n) is 7.96. The lowest BCUT2D eigenvalue weighted by Crippen LogP contribution is -2.39. The standard InChI is InChI=1S/C23H27Cl3N2O3/c1-15(2)30-14-19(29)12-28(11-16-4-3-5-18(24)8-16)13-20-10-23(27-31-20)17-6-7-21(25)22(26)9-17/h3-9,15,19-20,29H,10-14H2,1-2H3/t19-,20+/m0/s1. The molecule has 168 valence electrons. The minimum Gasteiger partial charge on any atom is -0.390 e. The second-order valence-corrected chi connectivity index (χ2v) is 9.21. The van der Waals surface area contributed by atoms with Gasteiger partial charge in [0.2, 0.25) is 0 Å². The van der Waals surface area contributed by atoms with Gasteiger partial charge in [0.1, 0.15) is 6.10 Å². The van der Waals surface area contributed by atoms with Gasteiger partial charge in [-0.05, 0) is 43.7 Å². The van der Waals surface area contributed by atoms with Gasteiger partial charge in [0.15, 0.2) is 0 Å². The van der Waals surface area contributed by atoms with Crippen LogP contribution in [0.4, 0.5) is 0 Å². The Morgan fingerprint density at radius 1 is 1.16 bits per heavy atom. The minimum atomic E-state index is -0.613. The van der Waals surface area contributed by atoms with E-state index in [9.17, 15) is 5.11 Å². The lowest BCUT2D eigenvalue weighted by atomic mass is 10.0. The maximum atomic E-state index is 10.5. The predicted octanol–water partition coefficient (Wildman–Crippen LogP) is 5.43. The van der Waals surface area contributed by atoms with Crippen molar-refractivity contribution in [2.45, 2.75) is 45.1 Å². The molecule has 0 unspecified atom stereocenters. The first-order valence-corrected chi connectivity index (χ1v) is 11.4. The Morgan fingerprint density at radius 3 is 2.68 bits per heavy atom. The highest BCUT2D eigenvalue weighted by atomic mass is 35.5. The topological polar surface area (TPSA) is 54.3 Å². The van der Waals surface area contributed by atoms with Crippen molar-refractivity contribution in [2.75, 3.05) is 19.7 Å². The summed E-state index contributed by atoms with van der Waals surface area (Å²) in [5, 5.41) is 16.4. The van der Waals surface area contributed by atoms with Crippen LogP contribution < -0.4 is 0 Å². The molecule has 0 saturated carbocycles. The van der Waals surface area contributed by atoms with E-state index in [1.54, 1.807) is 12.1 Å². The minimum absolute atomic E-state index is 0.0661. The highest BCUT2D eigenvalue weighted by molar-refractivity contribution is 6.42. The Kier molecular flexibility index (Phi) is 9.02. The molecule has 31 heavy (non-hydrogen) atoms. The maximum absolute atomic E-state index is 10.5. The lowest BCUT2D eigenvalue weighted by Gasteiger charge is -2.27. The van der Waals surface area contributed by atoms with Gasteiger partial charge in [-0.3, -0.25) is 4.90 Å². The predicted molar refractivity (Wildman–Crippen MR) is 126 cm³/mol. The zero-order valence-corrected chi connectivity index (χ0v) is 19.9. The van der Waals surface area contributed by atoms with E-state index in [1.807, 2.05) is 44.2 Å². The van der Waals surface area contributed by atoms with E-state index in [1.165, 1.54) is 0 Å². The fraction of sp³-hybridized carbons (Fsp3) is 0.435. The van der Waals surface area contributed by atoms with E-state index in [-0.39, 0.29) is 18.8 Å². The zero-order chi connectivity index (χ0) is 22.4. The molecule has 0 spiro atoms. The largest absolute Gasteiger partial charge is 0.390 e. The summed E-state index contributed by atoms with van der Waals surface area (Å²) in [5.41, 5.74) is 2.78. The van der Waals surface area contributed by atoms with Crippen molar-refractivity contribution in [3.05, 3.63) is 68.7 Å². The molecule has 0 saturated heterocycles. The Hall–Kier alpha value is -1.34. The van der Waals surface area contributed by atoms with E-state index in [4.69, 9.17) is 44.4 Å². The number of ether oxygens (including phenoxy) is 1. The molecule has 0 bridgehead atoms. The molecule has 3 rings (SSSR count). The molecule has 0 fully saturated rings. The highest BCUT2D eigenvalue weighted by Gasteiger charge is 2.26. The van der Waals surface area contributed by atoms with Gasteiger partial charge in [0.05, 0.1) is 34.6 Å². The average Bonchev–Trinajstić information content (AvgIpc) is 3.17. The van der Waals surface area contributed by atoms with Crippen molar-refractivity contribution in [1.29, 1.82) is 0 Å². The molecular weight excluding hydrogens is 459 g/mol. The SMILES string of the molecule is CC(C)OC[C@@H](O)CN(Cc1cccc(Cl)c1)C[C@H]1CC(c2ccc(Cl)c(Cl)c2)=NO1. The van der Waals surface area contributed by atoms with Crippen LogP contribution in [0.3, 0.4) is 0 Å². The molecule has 0 aliphatic carbocycles. The molecule has 8 heteroatoms. The van der Waals surface area contributed by atoms with Crippen molar-refractivity contribution in [1.82, 2.24) is 4.90 Å². The Labute approximate surface area is 198 Å². The van der Waals surface area contributed by atoms with E-state index in [2.05, 4.69) is 10.1 Å². The Bertz CT molecular complexity index is 907. The van der Waals surface area contributed by atoms with Gasteiger partial charge in [-0.15, -0.1) is 0 Å². The van der Waals surface area contributed by atoms with Gasteiger partial charge in [-0.2, -0.15) is 0 Å². The zero-order valence-electron chi connectivity index (χ0n) is 17.6. The van der Waals surface area contributed by atoms with E-state index < -0.39 is 6.10 Å². The van der Waals surface area contributed by atoms with Gasteiger partial charge in [0, 0.05) is 36.6 Å². The summed E-state index contributed by atoms with van der Waals surface area (Å²) < 4.78 is 5.56. The first-order valence-electron chi connectivity index (χ1n) is 10.2.